The number of nitrogens with one attached hydrogen (secondary N) is 1. The fourth-order valence-corrected chi connectivity index (χ4v) is 2.30. The smallest absolute Gasteiger partial charge is 0.223 e. The molecule has 18 heavy (non-hydrogen) atoms. The average Bonchev–Trinajstić information content (AvgIpc) is 2.28. The van der Waals surface area contributed by atoms with E-state index >= 15 is 0 Å². The van der Waals surface area contributed by atoms with Gasteiger partial charge in [-0.25, -0.2) is 0 Å². The topological polar surface area (TPSA) is 75.4 Å². The van der Waals surface area contributed by atoms with Gasteiger partial charge in [0.15, 0.2) is 0 Å². The Morgan fingerprint density at radius 2 is 1.94 bits per heavy atom. The molecule has 0 aromatic heterocycles. The number of hydrogen-bond donors (Lipinski definition) is 2. The molecule has 0 aromatic rings. The first-order chi connectivity index (χ1) is 8.49. The maximum Gasteiger partial charge on any atom is 0.223 e. The number of nitrogens with two attached hydrogens (primary N) is 1. The molecule has 0 unspecified atom stereocenters. The van der Waals surface area contributed by atoms with Crippen LogP contribution in [0.2, 0.25) is 0 Å². The van der Waals surface area contributed by atoms with Crippen molar-refractivity contribution in [3.8, 4) is 0 Å². The van der Waals surface area contributed by atoms with Crippen LogP contribution in [0.25, 0.3) is 0 Å². The SMILES string of the molecule is CC(C)NCCC(=O)N1CCC(CC(N)=O)CC1. The molecule has 1 rings (SSSR count). The number of carbonyl (C=O) groups excluding carboxylic acids is 2. The second-order valence-corrected chi connectivity index (χ2v) is 5.35. The van der Waals surface area contributed by atoms with Crippen LogP contribution in [-0.2, 0) is 9.59 Å². The standard InChI is InChI=1S/C13H25N3O2/c1-10(2)15-6-3-13(18)16-7-4-11(5-8-16)9-12(14)17/h10-11,15H,3-9H2,1-2H3,(H2,14,17). The zero-order chi connectivity index (χ0) is 13.5. The Labute approximate surface area is 109 Å². The summed E-state index contributed by atoms with van der Waals surface area (Å²) in [7, 11) is 0. The Morgan fingerprint density at radius 1 is 1.33 bits per heavy atom. The number of carbonyl (C=O) groups is 2. The largest absolute Gasteiger partial charge is 0.370 e. The summed E-state index contributed by atoms with van der Waals surface area (Å²) < 4.78 is 0. The zero-order valence-electron chi connectivity index (χ0n) is 11.4. The van der Waals surface area contributed by atoms with Gasteiger partial charge in [0, 0.05) is 38.5 Å². The summed E-state index contributed by atoms with van der Waals surface area (Å²) in [5.74, 6) is 0.335. The molecule has 1 fully saturated rings. The lowest BCUT2D eigenvalue weighted by Gasteiger charge is -2.31. The number of nitrogens with zero attached hydrogens (tertiary/aromatic N) is 1. The molecule has 5 heteroatoms. The number of rotatable bonds is 6. The highest BCUT2D eigenvalue weighted by molar-refractivity contribution is 5.76. The van der Waals surface area contributed by atoms with E-state index in [2.05, 4.69) is 19.2 Å². The van der Waals surface area contributed by atoms with Gasteiger partial charge in [-0.15, -0.1) is 0 Å². The van der Waals surface area contributed by atoms with Crippen molar-refractivity contribution in [2.75, 3.05) is 19.6 Å². The molecule has 0 saturated carbocycles. The number of likely N-dealkylation sites (tertiary alicyclic amines) is 1. The van der Waals surface area contributed by atoms with Gasteiger partial charge in [0.1, 0.15) is 0 Å². The minimum atomic E-state index is -0.235. The first-order valence-corrected chi connectivity index (χ1v) is 6.78. The Bertz CT molecular complexity index is 284. The summed E-state index contributed by atoms with van der Waals surface area (Å²) in [6.45, 7) is 6.40. The molecule has 0 bridgehead atoms. The predicted octanol–water partition coefficient (Wildman–Crippen LogP) is 0.489. The monoisotopic (exact) mass is 255 g/mol. The number of piperidine rings is 1. The van der Waals surface area contributed by atoms with Crippen LogP contribution in [0.5, 0.6) is 0 Å². The summed E-state index contributed by atoms with van der Waals surface area (Å²) in [4.78, 5) is 24.6. The van der Waals surface area contributed by atoms with Crippen molar-refractivity contribution in [2.45, 2.75) is 45.6 Å². The Morgan fingerprint density at radius 3 is 2.44 bits per heavy atom. The lowest BCUT2D eigenvalue weighted by atomic mass is 9.93. The fraction of sp³-hybridized carbons (Fsp3) is 0.846. The van der Waals surface area contributed by atoms with Crippen LogP contribution in [0.3, 0.4) is 0 Å². The van der Waals surface area contributed by atoms with Gasteiger partial charge in [-0.2, -0.15) is 0 Å². The van der Waals surface area contributed by atoms with Crippen molar-refractivity contribution >= 4 is 11.8 Å². The van der Waals surface area contributed by atoms with Crippen LogP contribution >= 0.6 is 0 Å². The molecule has 2 amide bonds. The minimum Gasteiger partial charge on any atom is -0.370 e. The zero-order valence-corrected chi connectivity index (χ0v) is 11.4. The minimum absolute atomic E-state index is 0.209. The van der Waals surface area contributed by atoms with Gasteiger partial charge >= 0.3 is 0 Å². The second-order valence-electron chi connectivity index (χ2n) is 5.35. The summed E-state index contributed by atoms with van der Waals surface area (Å²) >= 11 is 0. The Hall–Kier alpha value is -1.10. The van der Waals surface area contributed by atoms with E-state index in [4.69, 9.17) is 5.73 Å². The highest BCUT2D eigenvalue weighted by Gasteiger charge is 2.23. The van der Waals surface area contributed by atoms with Crippen molar-refractivity contribution in [2.24, 2.45) is 11.7 Å². The van der Waals surface area contributed by atoms with Gasteiger partial charge in [0.05, 0.1) is 0 Å². The summed E-state index contributed by atoms with van der Waals surface area (Å²) in [5.41, 5.74) is 5.18. The van der Waals surface area contributed by atoms with Gasteiger partial charge < -0.3 is 16.0 Å². The first kappa shape index (κ1) is 15.0. The maximum absolute atomic E-state index is 11.9. The molecular formula is C13H25N3O2. The lowest BCUT2D eigenvalue weighted by Crippen LogP contribution is -2.40. The van der Waals surface area contributed by atoms with Gasteiger partial charge in [0.2, 0.25) is 11.8 Å². The predicted molar refractivity (Wildman–Crippen MR) is 70.9 cm³/mol. The van der Waals surface area contributed by atoms with Crippen LogP contribution in [0, 0.1) is 5.92 Å². The molecule has 1 saturated heterocycles. The van der Waals surface area contributed by atoms with Crippen molar-refractivity contribution in [3.05, 3.63) is 0 Å². The van der Waals surface area contributed by atoms with Gasteiger partial charge in [0.25, 0.3) is 0 Å². The van der Waals surface area contributed by atoms with E-state index < -0.39 is 0 Å². The molecule has 0 aliphatic carbocycles. The van der Waals surface area contributed by atoms with Crippen LogP contribution in [0.4, 0.5) is 0 Å². The third-order valence-corrected chi connectivity index (χ3v) is 3.35. The normalized spacial score (nSPS) is 17.2. The second kappa shape index (κ2) is 7.36. The number of primary amides is 1. The molecule has 1 aliphatic rings. The summed E-state index contributed by atoms with van der Waals surface area (Å²) in [6.07, 6.45) is 2.80. The molecule has 0 atom stereocenters. The van der Waals surface area contributed by atoms with Crippen LogP contribution in [-0.4, -0.2) is 42.4 Å². The van der Waals surface area contributed by atoms with Crippen molar-refractivity contribution in [3.63, 3.8) is 0 Å². The van der Waals surface area contributed by atoms with E-state index in [1.807, 2.05) is 4.90 Å². The van der Waals surface area contributed by atoms with Gasteiger partial charge in [-0.3, -0.25) is 9.59 Å². The van der Waals surface area contributed by atoms with Crippen LogP contribution < -0.4 is 11.1 Å². The van der Waals surface area contributed by atoms with E-state index in [0.29, 0.717) is 24.8 Å². The summed E-state index contributed by atoms with van der Waals surface area (Å²) in [6, 6.07) is 0.416. The van der Waals surface area contributed by atoms with Gasteiger partial charge in [-0.1, -0.05) is 13.8 Å². The molecule has 104 valence electrons. The molecule has 5 nitrogen and oxygen atoms in total. The fourth-order valence-electron chi connectivity index (χ4n) is 2.30. The molecule has 0 radical (unpaired) electrons. The quantitative estimate of drug-likeness (QED) is 0.725. The molecule has 1 aliphatic heterocycles. The van der Waals surface area contributed by atoms with E-state index in [9.17, 15) is 9.59 Å². The first-order valence-electron chi connectivity index (χ1n) is 6.78. The maximum atomic E-state index is 11.9. The van der Waals surface area contributed by atoms with Crippen molar-refractivity contribution in [1.29, 1.82) is 0 Å². The van der Waals surface area contributed by atoms with Gasteiger partial charge in [-0.05, 0) is 18.8 Å². The molecule has 0 aromatic carbocycles. The summed E-state index contributed by atoms with van der Waals surface area (Å²) in [5, 5.41) is 3.24. The van der Waals surface area contributed by atoms with E-state index in [-0.39, 0.29) is 11.8 Å². The molecular weight excluding hydrogens is 230 g/mol. The molecule has 3 N–H and O–H groups in total. The highest BCUT2D eigenvalue weighted by atomic mass is 16.2. The van der Waals surface area contributed by atoms with Crippen molar-refractivity contribution < 1.29 is 9.59 Å². The van der Waals surface area contributed by atoms with E-state index in [0.717, 1.165) is 32.5 Å². The van der Waals surface area contributed by atoms with E-state index in [1.54, 1.807) is 0 Å². The average molecular weight is 255 g/mol. The Balaban J connectivity index is 2.21. The van der Waals surface area contributed by atoms with Crippen molar-refractivity contribution in [1.82, 2.24) is 10.2 Å². The van der Waals surface area contributed by atoms with Crippen LogP contribution in [0.15, 0.2) is 0 Å². The highest BCUT2D eigenvalue weighted by Crippen LogP contribution is 2.20. The van der Waals surface area contributed by atoms with Crippen LogP contribution in [0.1, 0.15) is 39.5 Å². The Kier molecular flexibility index (Phi) is 6.12. The lowest BCUT2D eigenvalue weighted by molar-refractivity contribution is -0.132. The molecule has 0 spiro atoms. The number of hydrogen-bond acceptors (Lipinski definition) is 3. The van der Waals surface area contributed by atoms with E-state index in [1.165, 1.54) is 0 Å². The third-order valence-electron chi connectivity index (χ3n) is 3.35. The third kappa shape index (κ3) is 5.49. The number of amides is 2. The molecule has 1 heterocycles.